The third-order valence-electron chi connectivity index (χ3n) is 2.45. The summed E-state index contributed by atoms with van der Waals surface area (Å²) in [7, 11) is 0. The quantitative estimate of drug-likeness (QED) is 0.801. The van der Waals surface area contributed by atoms with Crippen LogP contribution in [0.4, 0.5) is 4.39 Å². The van der Waals surface area contributed by atoms with Gasteiger partial charge in [0.25, 0.3) is 0 Å². The normalized spacial score (nSPS) is 14.9. The van der Waals surface area contributed by atoms with E-state index in [4.69, 9.17) is 14.6 Å². The van der Waals surface area contributed by atoms with Gasteiger partial charge in [-0.3, -0.25) is 4.79 Å². The number of carboxylic acids is 1. The third-order valence-corrected chi connectivity index (χ3v) is 2.45. The van der Waals surface area contributed by atoms with Crippen LogP contribution in [0.3, 0.4) is 0 Å². The van der Waals surface area contributed by atoms with Crippen molar-refractivity contribution in [3.63, 3.8) is 0 Å². The van der Waals surface area contributed by atoms with Crippen LogP contribution >= 0.6 is 0 Å². The largest absolute Gasteiger partial charge is 0.505 e. The highest BCUT2D eigenvalue weighted by atomic mass is 19.1. The number of ether oxygens (including phenoxy) is 2. The van der Waals surface area contributed by atoms with Gasteiger partial charge in [-0.1, -0.05) is 0 Å². The standard InChI is InChI=1S/C10H9FO5/c1-4(10(13)14)5-2-6-9(16-3-15-6)7(11)8(5)12/h2,4,12H,3H2,1H3,(H,13,14). The summed E-state index contributed by atoms with van der Waals surface area (Å²) < 4.78 is 23.3. The lowest BCUT2D eigenvalue weighted by Crippen LogP contribution is -2.08. The van der Waals surface area contributed by atoms with Crippen molar-refractivity contribution in [2.75, 3.05) is 6.79 Å². The number of carboxylic acid groups (broad SMARTS) is 1. The Labute approximate surface area is 90.0 Å². The molecule has 1 aliphatic rings. The molecule has 0 spiro atoms. The highest BCUT2D eigenvalue weighted by molar-refractivity contribution is 5.77. The molecule has 0 radical (unpaired) electrons. The first kappa shape index (κ1) is 10.5. The van der Waals surface area contributed by atoms with Gasteiger partial charge in [-0.05, 0) is 13.0 Å². The van der Waals surface area contributed by atoms with Crippen LogP contribution < -0.4 is 9.47 Å². The van der Waals surface area contributed by atoms with Crippen LogP contribution in [0, 0.1) is 5.82 Å². The number of aromatic hydroxyl groups is 1. The van der Waals surface area contributed by atoms with Gasteiger partial charge >= 0.3 is 5.97 Å². The summed E-state index contributed by atoms with van der Waals surface area (Å²) >= 11 is 0. The molecule has 0 saturated heterocycles. The summed E-state index contributed by atoms with van der Waals surface area (Å²) in [5.41, 5.74) is -0.0331. The molecule has 1 aromatic rings. The Bertz CT molecular complexity index is 457. The maximum Gasteiger partial charge on any atom is 0.310 e. The molecule has 0 fully saturated rings. The molecule has 0 saturated carbocycles. The van der Waals surface area contributed by atoms with E-state index in [1.54, 1.807) is 0 Å². The molecule has 0 aliphatic carbocycles. The second-order valence-corrected chi connectivity index (χ2v) is 3.42. The summed E-state index contributed by atoms with van der Waals surface area (Å²) in [5.74, 6) is -3.95. The first-order valence-corrected chi connectivity index (χ1v) is 4.56. The first-order chi connectivity index (χ1) is 7.52. The number of rotatable bonds is 2. The third kappa shape index (κ3) is 1.42. The number of phenolic OH excluding ortho intramolecular Hbond substituents is 1. The van der Waals surface area contributed by atoms with Gasteiger partial charge < -0.3 is 19.7 Å². The van der Waals surface area contributed by atoms with Gasteiger partial charge in [-0.2, -0.15) is 4.39 Å². The van der Waals surface area contributed by atoms with E-state index >= 15 is 0 Å². The lowest BCUT2D eigenvalue weighted by molar-refractivity contribution is -0.138. The van der Waals surface area contributed by atoms with Crippen LogP contribution in [0.15, 0.2) is 6.07 Å². The van der Waals surface area contributed by atoms with Crippen LogP contribution in [0.2, 0.25) is 0 Å². The molecule has 1 atom stereocenters. The summed E-state index contributed by atoms with van der Waals surface area (Å²) in [5, 5.41) is 18.3. The molecule has 86 valence electrons. The van der Waals surface area contributed by atoms with E-state index in [-0.39, 0.29) is 23.9 Å². The molecular formula is C10H9FO5. The van der Waals surface area contributed by atoms with Crippen LogP contribution in [0.25, 0.3) is 0 Å². The van der Waals surface area contributed by atoms with E-state index in [2.05, 4.69) is 0 Å². The Kier molecular flexibility index (Phi) is 2.34. The minimum atomic E-state index is -1.16. The molecule has 5 nitrogen and oxygen atoms in total. The zero-order chi connectivity index (χ0) is 11.9. The Morgan fingerprint density at radius 1 is 1.56 bits per heavy atom. The van der Waals surface area contributed by atoms with Crippen LogP contribution in [0.1, 0.15) is 18.4 Å². The van der Waals surface area contributed by atoms with E-state index < -0.39 is 23.5 Å². The van der Waals surface area contributed by atoms with Crippen LogP contribution in [-0.4, -0.2) is 23.0 Å². The topological polar surface area (TPSA) is 76.0 Å². The number of hydrogen-bond donors (Lipinski definition) is 2. The lowest BCUT2D eigenvalue weighted by Gasteiger charge is -2.11. The van der Waals surface area contributed by atoms with E-state index in [1.165, 1.54) is 13.0 Å². The van der Waals surface area contributed by atoms with Crippen molar-refractivity contribution in [2.45, 2.75) is 12.8 Å². The number of aliphatic carboxylic acids is 1. The average molecular weight is 228 g/mol. The molecule has 1 unspecified atom stereocenters. The zero-order valence-electron chi connectivity index (χ0n) is 8.36. The van der Waals surface area contributed by atoms with Gasteiger partial charge in [0, 0.05) is 5.56 Å². The smallest absolute Gasteiger partial charge is 0.310 e. The molecule has 2 N–H and O–H groups in total. The summed E-state index contributed by atoms with van der Waals surface area (Å²) in [6, 6.07) is 1.28. The van der Waals surface area contributed by atoms with Crippen molar-refractivity contribution in [1.82, 2.24) is 0 Å². The number of fused-ring (bicyclic) bond motifs is 1. The van der Waals surface area contributed by atoms with Crippen molar-refractivity contribution in [1.29, 1.82) is 0 Å². The molecule has 1 aromatic carbocycles. The van der Waals surface area contributed by atoms with Crippen LogP contribution in [0.5, 0.6) is 17.2 Å². The molecule has 1 heterocycles. The van der Waals surface area contributed by atoms with E-state index in [9.17, 15) is 14.3 Å². The molecule has 0 amide bonds. The molecule has 0 aromatic heterocycles. The minimum absolute atomic E-state index is 0.0331. The fourth-order valence-electron chi connectivity index (χ4n) is 1.47. The molecular weight excluding hydrogens is 219 g/mol. The summed E-state index contributed by atoms with van der Waals surface area (Å²) in [6.07, 6.45) is 0. The van der Waals surface area contributed by atoms with Crippen LogP contribution in [-0.2, 0) is 4.79 Å². The predicted molar refractivity (Wildman–Crippen MR) is 50.2 cm³/mol. The average Bonchev–Trinajstić information content (AvgIpc) is 2.70. The van der Waals surface area contributed by atoms with Crippen molar-refractivity contribution in [3.8, 4) is 17.2 Å². The Morgan fingerprint density at radius 2 is 2.25 bits per heavy atom. The summed E-state index contributed by atoms with van der Waals surface area (Å²) in [4.78, 5) is 10.8. The molecule has 2 rings (SSSR count). The Morgan fingerprint density at radius 3 is 2.88 bits per heavy atom. The van der Waals surface area contributed by atoms with Gasteiger partial charge in [-0.25, -0.2) is 0 Å². The lowest BCUT2D eigenvalue weighted by atomic mass is 9.99. The molecule has 0 bridgehead atoms. The predicted octanol–water partition coefficient (Wildman–Crippen LogP) is 1.45. The van der Waals surface area contributed by atoms with Gasteiger partial charge in [0.2, 0.25) is 18.4 Å². The minimum Gasteiger partial charge on any atom is -0.505 e. The van der Waals surface area contributed by atoms with Gasteiger partial charge in [0.1, 0.15) is 0 Å². The first-order valence-electron chi connectivity index (χ1n) is 4.56. The second-order valence-electron chi connectivity index (χ2n) is 3.42. The van der Waals surface area contributed by atoms with Crippen molar-refractivity contribution < 1.29 is 28.9 Å². The maximum absolute atomic E-state index is 13.5. The highest BCUT2D eigenvalue weighted by Crippen LogP contribution is 2.43. The summed E-state index contributed by atoms with van der Waals surface area (Å²) in [6.45, 7) is 1.20. The number of hydrogen-bond acceptors (Lipinski definition) is 4. The number of phenols is 1. The molecule has 16 heavy (non-hydrogen) atoms. The fraction of sp³-hybridized carbons (Fsp3) is 0.300. The monoisotopic (exact) mass is 228 g/mol. The van der Waals surface area contributed by atoms with Gasteiger partial charge in [0.15, 0.2) is 11.5 Å². The number of halogens is 1. The van der Waals surface area contributed by atoms with Crippen molar-refractivity contribution in [3.05, 3.63) is 17.4 Å². The second kappa shape index (κ2) is 3.55. The molecule has 1 aliphatic heterocycles. The Balaban J connectivity index is 2.56. The van der Waals surface area contributed by atoms with Gasteiger partial charge in [-0.15, -0.1) is 0 Å². The Hall–Kier alpha value is -1.98. The molecule has 6 heteroatoms. The zero-order valence-corrected chi connectivity index (χ0v) is 8.36. The SMILES string of the molecule is CC(C(=O)O)c1cc2c(c(F)c1O)OCO2. The maximum atomic E-state index is 13.5. The van der Waals surface area contributed by atoms with E-state index in [0.29, 0.717) is 0 Å². The fourth-order valence-corrected chi connectivity index (χ4v) is 1.47. The highest BCUT2D eigenvalue weighted by Gasteiger charge is 2.28. The van der Waals surface area contributed by atoms with E-state index in [1.807, 2.05) is 0 Å². The number of carbonyl (C=O) groups is 1. The van der Waals surface area contributed by atoms with Crippen molar-refractivity contribution >= 4 is 5.97 Å². The van der Waals surface area contributed by atoms with Gasteiger partial charge in [0.05, 0.1) is 5.92 Å². The van der Waals surface area contributed by atoms with E-state index in [0.717, 1.165) is 0 Å². The number of benzene rings is 1. The van der Waals surface area contributed by atoms with Crippen molar-refractivity contribution in [2.24, 2.45) is 0 Å².